The van der Waals surface area contributed by atoms with Gasteiger partial charge in [-0.15, -0.1) is 0 Å². The molecule has 0 amide bonds. The summed E-state index contributed by atoms with van der Waals surface area (Å²) in [6.07, 6.45) is 2.99. The highest BCUT2D eigenvalue weighted by Gasteiger charge is 2.13. The maximum atomic E-state index is 10.1. The van der Waals surface area contributed by atoms with Crippen LogP contribution in [-0.2, 0) is 19.4 Å². The first-order chi connectivity index (χ1) is 10.1. The third-order valence-corrected chi connectivity index (χ3v) is 4.00. The number of aromatic nitrogens is 2. The maximum absolute atomic E-state index is 10.1. The van der Waals surface area contributed by atoms with Crippen molar-refractivity contribution in [2.75, 3.05) is 6.61 Å². The quantitative estimate of drug-likeness (QED) is 0.918. The van der Waals surface area contributed by atoms with E-state index in [4.69, 9.17) is 4.74 Å². The van der Waals surface area contributed by atoms with E-state index in [9.17, 15) is 5.11 Å². The van der Waals surface area contributed by atoms with Crippen LogP contribution in [0.4, 0.5) is 0 Å². The van der Waals surface area contributed by atoms with Crippen LogP contribution in [0.2, 0.25) is 0 Å². The van der Waals surface area contributed by atoms with Crippen molar-refractivity contribution in [3.63, 3.8) is 0 Å². The maximum Gasteiger partial charge on any atom is 0.119 e. The van der Waals surface area contributed by atoms with Gasteiger partial charge in [0.1, 0.15) is 18.5 Å². The highest BCUT2D eigenvalue weighted by atomic mass is 16.5. The minimum absolute atomic E-state index is 0.289. The van der Waals surface area contributed by atoms with Crippen molar-refractivity contribution in [3.8, 4) is 5.75 Å². The summed E-state index contributed by atoms with van der Waals surface area (Å²) in [5.74, 6) is 0.850. The van der Waals surface area contributed by atoms with Gasteiger partial charge in [-0.1, -0.05) is 6.07 Å². The minimum Gasteiger partial charge on any atom is -0.491 e. The van der Waals surface area contributed by atoms with Crippen molar-refractivity contribution in [2.45, 2.75) is 45.8 Å². The van der Waals surface area contributed by atoms with Gasteiger partial charge in [0.2, 0.25) is 0 Å². The molecule has 0 saturated heterocycles. The molecule has 1 atom stereocenters. The lowest BCUT2D eigenvalue weighted by Gasteiger charge is -2.14. The second-order valence-corrected chi connectivity index (χ2v) is 5.86. The highest BCUT2D eigenvalue weighted by molar-refractivity contribution is 5.38. The summed E-state index contributed by atoms with van der Waals surface area (Å²) in [6, 6.07) is 8.26. The smallest absolute Gasteiger partial charge is 0.119 e. The Morgan fingerprint density at radius 3 is 2.81 bits per heavy atom. The molecule has 0 spiro atoms. The van der Waals surface area contributed by atoms with Gasteiger partial charge in [-0.3, -0.25) is 4.68 Å². The van der Waals surface area contributed by atoms with Crippen LogP contribution in [0.5, 0.6) is 5.75 Å². The molecule has 0 bridgehead atoms. The van der Waals surface area contributed by atoms with E-state index in [1.165, 1.54) is 24.0 Å². The van der Waals surface area contributed by atoms with Crippen LogP contribution in [0.1, 0.15) is 28.9 Å². The summed E-state index contributed by atoms with van der Waals surface area (Å²) < 4.78 is 7.55. The van der Waals surface area contributed by atoms with Crippen molar-refractivity contribution in [1.29, 1.82) is 0 Å². The van der Waals surface area contributed by atoms with Crippen LogP contribution < -0.4 is 4.74 Å². The molecule has 2 aromatic rings. The minimum atomic E-state index is -0.559. The number of aryl methyl sites for hydroxylation is 4. The van der Waals surface area contributed by atoms with E-state index in [1.54, 1.807) is 0 Å². The zero-order valence-corrected chi connectivity index (χ0v) is 12.7. The summed E-state index contributed by atoms with van der Waals surface area (Å²) in [7, 11) is 0. The van der Waals surface area contributed by atoms with Crippen LogP contribution in [-0.4, -0.2) is 27.6 Å². The molecule has 4 nitrogen and oxygen atoms in total. The van der Waals surface area contributed by atoms with Crippen molar-refractivity contribution in [3.05, 3.63) is 46.8 Å². The van der Waals surface area contributed by atoms with E-state index in [0.29, 0.717) is 6.54 Å². The number of hydrogen-bond donors (Lipinski definition) is 1. The molecule has 4 heteroatoms. The van der Waals surface area contributed by atoms with Gasteiger partial charge in [0.15, 0.2) is 0 Å². The van der Waals surface area contributed by atoms with Gasteiger partial charge >= 0.3 is 0 Å². The van der Waals surface area contributed by atoms with Crippen LogP contribution in [0.25, 0.3) is 0 Å². The topological polar surface area (TPSA) is 47.3 Å². The second-order valence-electron chi connectivity index (χ2n) is 5.86. The standard InChI is InChI=1S/C17H22N2O2/c1-12-8-13(2)19(18-12)10-16(20)11-21-17-7-6-14-4-3-5-15(14)9-17/h6-9,16,20H,3-5,10-11H2,1-2H3/t16-/m1/s1. The molecule has 1 aliphatic rings. The fraction of sp³-hybridized carbons (Fsp3) is 0.471. The molecule has 21 heavy (non-hydrogen) atoms. The van der Waals surface area contributed by atoms with Crippen molar-refractivity contribution < 1.29 is 9.84 Å². The van der Waals surface area contributed by atoms with E-state index in [1.807, 2.05) is 30.7 Å². The largest absolute Gasteiger partial charge is 0.491 e. The number of ether oxygens (including phenoxy) is 1. The summed E-state index contributed by atoms with van der Waals surface area (Å²) >= 11 is 0. The Morgan fingerprint density at radius 2 is 2.05 bits per heavy atom. The molecule has 0 radical (unpaired) electrons. The number of aliphatic hydroxyl groups is 1. The zero-order valence-electron chi connectivity index (χ0n) is 12.7. The highest BCUT2D eigenvalue weighted by Crippen LogP contribution is 2.26. The summed E-state index contributed by atoms with van der Waals surface area (Å²) in [6.45, 7) is 4.70. The van der Waals surface area contributed by atoms with Crippen LogP contribution in [0.15, 0.2) is 24.3 Å². The van der Waals surface area contributed by atoms with Gasteiger partial charge in [0.05, 0.1) is 12.2 Å². The third kappa shape index (κ3) is 3.27. The lowest BCUT2D eigenvalue weighted by molar-refractivity contribution is 0.0887. The van der Waals surface area contributed by atoms with E-state index in [-0.39, 0.29) is 6.61 Å². The van der Waals surface area contributed by atoms with Gasteiger partial charge in [-0.05, 0) is 62.4 Å². The number of rotatable bonds is 5. The molecule has 112 valence electrons. The van der Waals surface area contributed by atoms with Crippen molar-refractivity contribution in [1.82, 2.24) is 9.78 Å². The fourth-order valence-corrected chi connectivity index (χ4v) is 2.94. The Balaban J connectivity index is 1.56. The zero-order chi connectivity index (χ0) is 14.8. The van der Waals surface area contributed by atoms with Crippen LogP contribution in [0, 0.1) is 13.8 Å². The monoisotopic (exact) mass is 286 g/mol. The third-order valence-electron chi connectivity index (χ3n) is 4.00. The number of aliphatic hydroxyl groups excluding tert-OH is 1. The van der Waals surface area contributed by atoms with Crippen molar-refractivity contribution >= 4 is 0 Å². The predicted molar refractivity (Wildman–Crippen MR) is 81.7 cm³/mol. The Morgan fingerprint density at radius 1 is 1.24 bits per heavy atom. The molecule has 0 fully saturated rings. The molecule has 0 unspecified atom stereocenters. The number of fused-ring (bicyclic) bond motifs is 1. The molecule has 1 aromatic heterocycles. The molecule has 1 aliphatic carbocycles. The van der Waals surface area contributed by atoms with E-state index < -0.39 is 6.10 Å². The van der Waals surface area contributed by atoms with Gasteiger partial charge in [0, 0.05) is 5.69 Å². The second kappa shape index (κ2) is 5.90. The van der Waals surface area contributed by atoms with E-state index in [0.717, 1.165) is 23.6 Å². The summed E-state index contributed by atoms with van der Waals surface area (Å²) in [5.41, 5.74) is 4.86. The molecule has 0 saturated carbocycles. The Hall–Kier alpha value is -1.81. The summed E-state index contributed by atoms with van der Waals surface area (Å²) in [5, 5.41) is 14.5. The molecule has 3 rings (SSSR count). The fourth-order valence-electron chi connectivity index (χ4n) is 2.94. The molecule has 0 aliphatic heterocycles. The Labute approximate surface area is 125 Å². The first kappa shape index (κ1) is 14.1. The average molecular weight is 286 g/mol. The number of hydrogen-bond acceptors (Lipinski definition) is 3. The van der Waals surface area contributed by atoms with Gasteiger partial charge in [-0.2, -0.15) is 5.10 Å². The molecular weight excluding hydrogens is 264 g/mol. The van der Waals surface area contributed by atoms with Gasteiger partial charge in [0.25, 0.3) is 0 Å². The Kier molecular flexibility index (Phi) is 3.97. The molecule has 1 heterocycles. The lowest BCUT2D eigenvalue weighted by atomic mass is 10.1. The average Bonchev–Trinajstić information content (AvgIpc) is 3.02. The molecule has 1 N–H and O–H groups in total. The summed E-state index contributed by atoms with van der Waals surface area (Å²) in [4.78, 5) is 0. The van der Waals surface area contributed by atoms with Crippen LogP contribution in [0.3, 0.4) is 0 Å². The molecular formula is C17H22N2O2. The number of nitrogens with zero attached hydrogens (tertiary/aromatic N) is 2. The van der Waals surface area contributed by atoms with Crippen LogP contribution >= 0.6 is 0 Å². The molecule has 1 aromatic carbocycles. The first-order valence-electron chi connectivity index (χ1n) is 7.55. The van der Waals surface area contributed by atoms with E-state index >= 15 is 0 Å². The predicted octanol–water partition coefficient (Wildman–Crippen LogP) is 2.43. The Bertz CT molecular complexity index is 634. The van der Waals surface area contributed by atoms with Gasteiger partial charge < -0.3 is 9.84 Å². The van der Waals surface area contributed by atoms with Gasteiger partial charge in [-0.25, -0.2) is 0 Å². The van der Waals surface area contributed by atoms with Crippen molar-refractivity contribution in [2.24, 2.45) is 0 Å². The normalized spacial score (nSPS) is 15.0. The lowest BCUT2D eigenvalue weighted by Crippen LogP contribution is -2.24. The number of benzene rings is 1. The first-order valence-corrected chi connectivity index (χ1v) is 7.55. The van der Waals surface area contributed by atoms with E-state index in [2.05, 4.69) is 17.2 Å². The SMILES string of the molecule is Cc1cc(C)n(C[C@@H](O)COc2ccc3c(c2)CCC3)n1.